The smallest absolute Gasteiger partial charge is 0.321 e. The maximum atomic E-state index is 13.6. The number of amides is 4. The van der Waals surface area contributed by atoms with Crippen LogP contribution < -0.4 is 15.4 Å². The molecule has 0 radical (unpaired) electrons. The number of likely N-dealkylation sites (N-methyl/N-ethyl adjacent to an activating group) is 1. The molecule has 1 fully saturated rings. The number of aliphatic hydroxyl groups excluding tert-OH is 1. The van der Waals surface area contributed by atoms with E-state index in [1.165, 1.54) is 0 Å². The van der Waals surface area contributed by atoms with Gasteiger partial charge in [0.05, 0.1) is 30.4 Å². The molecule has 3 N–H and O–H groups in total. The van der Waals surface area contributed by atoms with Gasteiger partial charge in [0, 0.05) is 36.5 Å². The maximum absolute atomic E-state index is 13.6. The van der Waals surface area contributed by atoms with E-state index in [4.69, 9.17) is 4.74 Å². The van der Waals surface area contributed by atoms with Crippen molar-refractivity contribution in [3.05, 3.63) is 66.2 Å². The quantitative estimate of drug-likeness (QED) is 0.404. The standard InChI is InChI=1S/C31H36N4O5/c1-19-16-35(20(2)18-36)30(38)25-15-23(32-29(37)22-11-12-22)13-14-27(25)40-28(19)17-34(3)31(39)33-26-10-6-8-21-7-4-5-9-24(21)26/h4-10,13-15,19-20,22,28,36H,11-12,16-18H2,1-3H3,(H,32,37)(H,33,39)/t19-,20-,28+/m1/s1. The molecule has 1 saturated carbocycles. The number of fused-ring (bicyclic) bond motifs is 2. The van der Waals surface area contributed by atoms with Crippen LogP contribution >= 0.6 is 0 Å². The Hall–Kier alpha value is -4.11. The summed E-state index contributed by atoms with van der Waals surface area (Å²) < 4.78 is 6.40. The summed E-state index contributed by atoms with van der Waals surface area (Å²) >= 11 is 0. The summed E-state index contributed by atoms with van der Waals surface area (Å²) in [4.78, 5) is 42.4. The van der Waals surface area contributed by atoms with Crippen LogP contribution in [0.4, 0.5) is 16.2 Å². The molecule has 9 nitrogen and oxygen atoms in total. The Kier molecular flexibility index (Phi) is 7.93. The highest BCUT2D eigenvalue weighted by atomic mass is 16.5. The number of rotatable bonds is 7. The van der Waals surface area contributed by atoms with E-state index in [0.717, 1.165) is 29.3 Å². The first-order valence-electron chi connectivity index (χ1n) is 13.8. The first-order chi connectivity index (χ1) is 19.2. The molecule has 1 aliphatic carbocycles. The number of nitrogens with one attached hydrogen (secondary N) is 2. The van der Waals surface area contributed by atoms with Gasteiger partial charge >= 0.3 is 6.03 Å². The van der Waals surface area contributed by atoms with Crippen molar-refractivity contribution >= 4 is 40.0 Å². The summed E-state index contributed by atoms with van der Waals surface area (Å²) in [6.45, 7) is 4.19. The van der Waals surface area contributed by atoms with E-state index >= 15 is 0 Å². The van der Waals surface area contributed by atoms with Gasteiger partial charge in [0.15, 0.2) is 0 Å². The molecule has 0 unspecified atom stereocenters. The molecule has 4 amide bonds. The molecule has 0 aromatic heterocycles. The van der Waals surface area contributed by atoms with Crippen LogP contribution in [0, 0.1) is 11.8 Å². The molecule has 9 heteroatoms. The van der Waals surface area contributed by atoms with Gasteiger partial charge in [0.2, 0.25) is 5.91 Å². The van der Waals surface area contributed by atoms with Crippen molar-refractivity contribution in [2.45, 2.75) is 38.8 Å². The van der Waals surface area contributed by atoms with Crippen molar-refractivity contribution in [3.8, 4) is 5.75 Å². The number of carbonyl (C=O) groups is 3. The Morgan fingerprint density at radius 3 is 2.60 bits per heavy atom. The van der Waals surface area contributed by atoms with Crippen LogP contribution in [0.2, 0.25) is 0 Å². The Balaban J connectivity index is 1.37. The lowest BCUT2D eigenvalue weighted by molar-refractivity contribution is -0.117. The minimum atomic E-state index is -0.435. The fourth-order valence-electron chi connectivity index (χ4n) is 5.01. The maximum Gasteiger partial charge on any atom is 0.321 e. The summed E-state index contributed by atoms with van der Waals surface area (Å²) in [5, 5.41) is 17.8. The Bertz CT molecular complexity index is 1420. The van der Waals surface area contributed by atoms with Gasteiger partial charge in [0.1, 0.15) is 11.9 Å². The number of aliphatic hydroxyl groups is 1. The molecule has 3 aromatic carbocycles. The molecule has 1 heterocycles. The van der Waals surface area contributed by atoms with E-state index in [9.17, 15) is 19.5 Å². The number of hydrogen-bond acceptors (Lipinski definition) is 5. The lowest BCUT2D eigenvalue weighted by atomic mass is 9.99. The molecule has 40 heavy (non-hydrogen) atoms. The van der Waals surface area contributed by atoms with E-state index in [0.29, 0.717) is 23.5 Å². The zero-order chi connectivity index (χ0) is 28.4. The SMILES string of the molecule is C[C@@H]1CN([C@H](C)CO)C(=O)c2cc(NC(=O)C3CC3)ccc2O[C@H]1CN(C)C(=O)Nc1cccc2ccccc12. The van der Waals surface area contributed by atoms with Gasteiger partial charge in [-0.25, -0.2) is 4.79 Å². The topological polar surface area (TPSA) is 111 Å². The van der Waals surface area contributed by atoms with E-state index in [1.807, 2.05) is 49.4 Å². The normalized spacial score (nSPS) is 19.6. The zero-order valence-corrected chi connectivity index (χ0v) is 23.1. The van der Waals surface area contributed by atoms with Gasteiger partial charge in [-0.2, -0.15) is 0 Å². The minimum Gasteiger partial charge on any atom is -0.487 e. The molecular formula is C31H36N4O5. The highest BCUT2D eigenvalue weighted by molar-refractivity contribution is 6.02. The molecular weight excluding hydrogens is 508 g/mol. The number of hydrogen-bond donors (Lipinski definition) is 3. The predicted molar refractivity (Wildman–Crippen MR) is 155 cm³/mol. The van der Waals surface area contributed by atoms with Gasteiger partial charge in [-0.3, -0.25) is 9.59 Å². The highest BCUT2D eigenvalue weighted by Crippen LogP contribution is 2.33. The van der Waals surface area contributed by atoms with Crippen LogP contribution in [0.3, 0.4) is 0 Å². The number of ether oxygens (including phenoxy) is 1. The summed E-state index contributed by atoms with van der Waals surface area (Å²) in [7, 11) is 1.71. The minimum absolute atomic E-state index is 0.0284. The van der Waals surface area contributed by atoms with Gasteiger partial charge in [0.25, 0.3) is 5.91 Å². The van der Waals surface area contributed by atoms with Crippen LogP contribution in [0.25, 0.3) is 10.8 Å². The number of benzene rings is 3. The predicted octanol–water partition coefficient (Wildman–Crippen LogP) is 4.57. The van der Waals surface area contributed by atoms with Crippen LogP contribution in [-0.2, 0) is 4.79 Å². The monoisotopic (exact) mass is 544 g/mol. The van der Waals surface area contributed by atoms with Gasteiger partial charge < -0.3 is 30.3 Å². The molecule has 0 bridgehead atoms. The fourth-order valence-corrected chi connectivity index (χ4v) is 5.01. The highest BCUT2D eigenvalue weighted by Gasteiger charge is 2.35. The van der Waals surface area contributed by atoms with Crippen molar-refractivity contribution in [2.24, 2.45) is 11.8 Å². The zero-order valence-electron chi connectivity index (χ0n) is 23.1. The van der Waals surface area contributed by atoms with Crippen LogP contribution in [0.5, 0.6) is 5.75 Å². The third-order valence-electron chi connectivity index (χ3n) is 7.71. The van der Waals surface area contributed by atoms with Gasteiger partial charge in [-0.05, 0) is 49.4 Å². The molecule has 3 aromatic rings. The molecule has 1 aliphatic heterocycles. The van der Waals surface area contributed by atoms with Crippen molar-refractivity contribution in [1.82, 2.24) is 9.80 Å². The fraction of sp³-hybridized carbons (Fsp3) is 0.387. The second-order valence-electron chi connectivity index (χ2n) is 10.9. The third kappa shape index (κ3) is 5.89. The van der Waals surface area contributed by atoms with Crippen LogP contribution in [-0.4, -0.2) is 71.6 Å². The van der Waals surface area contributed by atoms with Crippen molar-refractivity contribution < 1.29 is 24.2 Å². The summed E-state index contributed by atoms with van der Waals surface area (Å²) in [5.41, 5.74) is 1.57. The van der Waals surface area contributed by atoms with Crippen LogP contribution in [0.15, 0.2) is 60.7 Å². The first kappa shape index (κ1) is 27.5. The number of carbonyl (C=O) groups excluding carboxylic acids is 3. The van der Waals surface area contributed by atoms with Crippen molar-refractivity contribution in [1.29, 1.82) is 0 Å². The van der Waals surface area contributed by atoms with E-state index in [-0.39, 0.29) is 42.8 Å². The molecule has 0 saturated heterocycles. The lowest BCUT2D eigenvalue weighted by Crippen LogP contribution is -2.50. The second kappa shape index (κ2) is 11.6. The molecule has 5 rings (SSSR count). The van der Waals surface area contributed by atoms with Gasteiger partial charge in [-0.1, -0.05) is 43.3 Å². The van der Waals surface area contributed by atoms with E-state index in [2.05, 4.69) is 10.6 Å². The van der Waals surface area contributed by atoms with E-state index in [1.54, 1.807) is 42.0 Å². The molecule has 2 aliphatic rings. The van der Waals surface area contributed by atoms with Gasteiger partial charge in [-0.15, -0.1) is 0 Å². The number of nitrogens with zero attached hydrogens (tertiary/aromatic N) is 2. The third-order valence-corrected chi connectivity index (χ3v) is 7.71. The second-order valence-corrected chi connectivity index (χ2v) is 10.9. The number of anilines is 2. The number of urea groups is 1. The Labute approximate surface area is 234 Å². The Morgan fingerprint density at radius 1 is 1.10 bits per heavy atom. The summed E-state index contributed by atoms with van der Waals surface area (Å²) in [6, 6.07) is 18.0. The summed E-state index contributed by atoms with van der Waals surface area (Å²) in [6.07, 6.45) is 1.32. The molecule has 0 spiro atoms. The summed E-state index contributed by atoms with van der Waals surface area (Å²) in [5.74, 6) is -0.0608. The molecule has 210 valence electrons. The van der Waals surface area contributed by atoms with Crippen molar-refractivity contribution in [2.75, 3.05) is 37.4 Å². The Morgan fingerprint density at radius 2 is 1.85 bits per heavy atom. The van der Waals surface area contributed by atoms with Crippen LogP contribution in [0.1, 0.15) is 37.0 Å². The average Bonchev–Trinajstić information content (AvgIpc) is 3.81. The first-order valence-corrected chi connectivity index (χ1v) is 13.8. The van der Waals surface area contributed by atoms with E-state index < -0.39 is 12.1 Å². The molecule has 3 atom stereocenters. The van der Waals surface area contributed by atoms with Crippen molar-refractivity contribution in [3.63, 3.8) is 0 Å². The average molecular weight is 545 g/mol. The lowest BCUT2D eigenvalue weighted by Gasteiger charge is -2.38. The largest absolute Gasteiger partial charge is 0.487 e.